The Labute approximate surface area is 57.8 Å². The van der Waals surface area contributed by atoms with E-state index in [1.165, 1.54) is 0 Å². The fourth-order valence-electron chi connectivity index (χ4n) is 0.536. The minimum absolute atomic E-state index is 0.137. The summed E-state index contributed by atoms with van der Waals surface area (Å²) in [4.78, 5) is 19.4. The first kappa shape index (κ1) is 6.82. The molecule has 0 aliphatic carbocycles. The highest BCUT2D eigenvalue weighted by Crippen LogP contribution is 2.13. The molecule has 4 nitrogen and oxygen atoms in total. The van der Waals surface area contributed by atoms with Gasteiger partial charge < -0.3 is 10.6 Å². The van der Waals surface area contributed by atoms with Crippen molar-refractivity contribution in [2.75, 3.05) is 6.61 Å². The van der Waals surface area contributed by atoms with Crippen LogP contribution in [0, 0.1) is 0 Å². The van der Waals surface area contributed by atoms with Crippen LogP contribution in [0.2, 0.25) is 0 Å². The van der Waals surface area contributed by atoms with E-state index >= 15 is 0 Å². The maximum Gasteiger partial charge on any atom is 0.252 e. The van der Waals surface area contributed by atoms with Gasteiger partial charge in [-0.1, -0.05) is 6.58 Å². The van der Waals surface area contributed by atoms with Gasteiger partial charge in [0.05, 0.1) is 5.57 Å². The Morgan fingerprint density at radius 2 is 2.50 bits per heavy atom. The van der Waals surface area contributed by atoms with Crippen LogP contribution < -0.4 is 5.73 Å². The van der Waals surface area contributed by atoms with Crippen molar-refractivity contribution >= 4 is 5.91 Å². The molecular formula is C6H7NO3. The zero-order valence-electron chi connectivity index (χ0n) is 5.29. The standard InChI is InChI=1S/C6H7NO3/c1-4(6(7)8)5-2-3-9-10-5/h2H,1,3H2,(H2,7,8). The largest absolute Gasteiger partial charge is 0.365 e. The molecule has 0 saturated carbocycles. The van der Waals surface area contributed by atoms with Gasteiger partial charge in [-0.15, -0.1) is 0 Å². The summed E-state index contributed by atoms with van der Waals surface area (Å²) in [5, 5.41) is 0. The van der Waals surface area contributed by atoms with E-state index in [1.54, 1.807) is 6.08 Å². The molecule has 1 aliphatic heterocycles. The topological polar surface area (TPSA) is 61.6 Å². The lowest BCUT2D eigenvalue weighted by atomic mass is 10.2. The van der Waals surface area contributed by atoms with E-state index in [9.17, 15) is 4.79 Å². The SMILES string of the molecule is C=C(C(N)=O)C1=CCOO1. The summed E-state index contributed by atoms with van der Waals surface area (Å²) in [7, 11) is 0. The number of nitrogens with two attached hydrogens (primary N) is 1. The molecule has 1 amide bonds. The molecule has 0 aromatic heterocycles. The molecular weight excluding hydrogens is 134 g/mol. The zero-order valence-corrected chi connectivity index (χ0v) is 5.29. The van der Waals surface area contributed by atoms with Gasteiger partial charge in [-0.25, -0.2) is 0 Å². The minimum atomic E-state index is -0.600. The predicted molar refractivity (Wildman–Crippen MR) is 33.5 cm³/mol. The molecule has 0 atom stereocenters. The number of primary amides is 1. The lowest BCUT2D eigenvalue weighted by Gasteiger charge is -1.98. The third-order valence-electron chi connectivity index (χ3n) is 1.08. The molecule has 4 heteroatoms. The smallest absolute Gasteiger partial charge is 0.252 e. The molecule has 0 fully saturated rings. The van der Waals surface area contributed by atoms with Gasteiger partial charge in [-0.3, -0.25) is 4.79 Å². The number of hydrogen-bond acceptors (Lipinski definition) is 3. The first-order valence-corrected chi connectivity index (χ1v) is 2.70. The van der Waals surface area contributed by atoms with Gasteiger partial charge in [-0.2, -0.15) is 4.89 Å². The number of rotatable bonds is 2. The van der Waals surface area contributed by atoms with Crippen LogP contribution in [0.25, 0.3) is 0 Å². The lowest BCUT2D eigenvalue weighted by Crippen LogP contribution is -2.14. The first-order valence-electron chi connectivity index (χ1n) is 2.70. The van der Waals surface area contributed by atoms with Crippen LogP contribution in [0.3, 0.4) is 0 Å². The molecule has 0 radical (unpaired) electrons. The average Bonchev–Trinajstić information content (AvgIpc) is 2.36. The van der Waals surface area contributed by atoms with Gasteiger partial charge in [0.15, 0.2) is 5.76 Å². The Morgan fingerprint density at radius 3 is 2.90 bits per heavy atom. The van der Waals surface area contributed by atoms with E-state index in [2.05, 4.69) is 16.4 Å². The van der Waals surface area contributed by atoms with Crippen molar-refractivity contribution in [2.24, 2.45) is 5.73 Å². The normalized spacial score (nSPS) is 15.8. The van der Waals surface area contributed by atoms with Crippen molar-refractivity contribution in [3.63, 3.8) is 0 Å². The van der Waals surface area contributed by atoms with Crippen molar-refractivity contribution in [3.8, 4) is 0 Å². The quantitative estimate of drug-likeness (QED) is 0.430. The third-order valence-corrected chi connectivity index (χ3v) is 1.08. The maximum absolute atomic E-state index is 10.4. The second-order valence-electron chi connectivity index (χ2n) is 1.78. The molecule has 0 bridgehead atoms. The zero-order chi connectivity index (χ0) is 7.56. The Morgan fingerprint density at radius 1 is 1.80 bits per heavy atom. The molecule has 0 aromatic carbocycles. The summed E-state index contributed by atoms with van der Waals surface area (Å²) in [5.41, 5.74) is 5.04. The van der Waals surface area contributed by atoms with Crippen LogP contribution in [0.1, 0.15) is 0 Å². The van der Waals surface area contributed by atoms with Gasteiger partial charge in [0.1, 0.15) is 6.61 Å². The van der Waals surface area contributed by atoms with Crippen LogP contribution in [0.15, 0.2) is 24.0 Å². The van der Waals surface area contributed by atoms with Crippen molar-refractivity contribution in [1.29, 1.82) is 0 Å². The fourth-order valence-corrected chi connectivity index (χ4v) is 0.536. The summed E-state index contributed by atoms with van der Waals surface area (Å²) in [6, 6.07) is 0. The van der Waals surface area contributed by atoms with Crippen molar-refractivity contribution in [2.45, 2.75) is 0 Å². The van der Waals surface area contributed by atoms with Gasteiger partial charge in [-0.05, 0) is 6.08 Å². The number of amides is 1. The summed E-state index contributed by atoms with van der Waals surface area (Å²) < 4.78 is 0. The lowest BCUT2D eigenvalue weighted by molar-refractivity contribution is -0.231. The van der Waals surface area contributed by atoms with Gasteiger partial charge in [0, 0.05) is 0 Å². The Balaban J connectivity index is 2.65. The van der Waals surface area contributed by atoms with Crippen LogP contribution in [-0.2, 0) is 14.6 Å². The van der Waals surface area contributed by atoms with Gasteiger partial charge in [0.2, 0.25) is 0 Å². The van der Waals surface area contributed by atoms with Gasteiger partial charge >= 0.3 is 0 Å². The van der Waals surface area contributed by atoms with E-state index in [0.29, 0.717) is 12.4 Å². The highest BCUT2D eigenvalue weighted by atomic mass is 17.2. The van der Waals surface area contributed by atoms with E-state index in [0.717, 1.165) is 0 Å². The van der Waals surface area contributed by atoms with Crippen LogP contribution in [-0.4, -0.2) is 12.5 Å². The number of carbonyl (C=O) groups is 1. The summed E-state index contributed by atoms with van der Waals surface area (Å²) >= 11 is 0. The molecule has 10 heavy (non-hydrogen) atoms. The molecule has 1 heterocycles. The summed E-state index contributed by atoms with van der Waals surface area (Å²) in [6.45, 7) is 3.72. The second-order valence-corrected chi connectivity index (χ2v) is 1.78. The van der Waals surface area contributed by atoms with Crippen molar-refractivity contribution in [3.05, 3.63) is 24.0 Å². The summed E-state index contributed by atoms with van der Waals surface area (Å²) in [5.74, 6) is -0.288. The van der Waals surface area contributed by atoms with E-state index < -0.39 is 5.91 Å². The minimum Gasteiger partial charge on any atom is -0.365 e. The highest BCUT2D eigenvalue weighted by Gasteiger charge is 2.14. The first-order chi connectivity index (χ1) is 4.72. The van der Waals surface area contributed by atoms with Gasteiger partial charge in [0.25, 0.3) is 5.91 Å². The Bertz CT molecular complexity index is 207. The van der Waals surface area contributed by atoms with E-state index in [-0.39, 0.29) is 5.57 Å². The predicted octanol–water partition coefficient (Wildman–Crippen LogP) is -0.126. The molecule has 2 N–H and O–H groups in total. The third kappa shape index (κ3) is 1.16. The number of hydrogen-bond donors (Lipinski definition) is 1. The fraction of sp³-hybridized carbons (Fsp3) is 0.167. The molecule has 54 valence electrons. The molecule has 1 aliphatic rings. The molecule has 0 aromatic rings. The molecule has 1 rings (SSSR count). The van der Waals surface area contributed by atoms with E-state index in [1.807, 2.05) is 0 Å². The monoisotopic (exact) mass is 141 g/mol. The average molecular weight is 141 g/mol. The summed E-state index contributed by atoms with van der Waals surface area (Å²) in [6.07, 6.45) is 1.59. The molecule has 0 unspecified atom stereocenters. The van der Waals surface area contributed by atoms with Crippen LogP contribution in [0.5, 0.6) is 0 Å². The van der Waals surface area contributed by atoms with Crippen LogP contribution >= 0.6 is 0 Å². The molecule has 0 saturated heterocycles. The Kier molecular flexibility index (Phi) is 1.73. The van der Waals surface area contributed by atoms with Crippen molar-refractivity contribution < 1.29 is 14.6 Å². The second kappa shape index (κ2) is 2.53. The highest BCUT2D eigenvalue weighted by molar-refractivity contribution is 5.95. The van der Waals surface area contributed by atoms with E-state index in [4.69, 9.17) is 5.73 Å². The van der Waals surface area contributed by atoms with Crippen molar-refractivity contribution in [1.82, 2.24) is 0 Å². The Hall–Kier alpha value is -1.29. The number of carbonyl (C=O) groups excluding carboxylic acids is 1. The van der Waals surface area contributed by atoms with Crippen LogP contribution in [0.4, 0.5) is 0 Å². The maximum atomic E-state index is 10.4. The molecule has 0 spiro atoms.